The number of imidazole rings is 1. The Balaban J connectivity index is 1.73. The summed E-state index contributed by atoms with van der Waals surface area (Å²) in [4.78, 5) is 8.79. The number of ether oxygens (including phenoxy) is 2. The molecule has 0 atom stereocenters. The minimum Gasteiger partial charge on any atom is -0.497 e. The molecule has 2 aromatic carbocycles. The van der Waals surface area contributed by atoms with Crippen LogP contribution in [-0.4, -0.2) is 28.6 Å². The van der Waals surface area contributed by atoms with Crippen molar-refractivity contribution in [1.29, 1.82) is 0 Å². The van der Waals surface area contributed by atoms with Crippen LogP contribution < -0.4 is 14.8 Å². The fourth-order valence-electron chi connectivity index (χ4n) is 2.96. The van der Waals surface area contributed by atoms with Crippen molar-refractivity contribution < 1.29 is 13.9 Å². The average molecular weight is 431 g/mol. The maximum atomic E-state index is 14.0. The van der Waals surface area contributed by atoms with Crippen LogP contribution in [0.2, 0.25) is 0 Å². The molecule has 1 N–H and O–H groups in total. The monoisotopic (exact) mass is 430 g/mol. The first kappa shape index (κ1) is 17.5. The Hall–Kier alpha value is -2.87. The molecule has 0 saturated heterocycles. The lowest BCUT2D eigenvalue weighted by atomic mass is 10.2. The topological polar surface area (TPSA) is 60.7 Å². The van der Waals surface area contributed by atoms with E-state index in [2.05, 4.69) is 31.2 Å². The minimum atomic E-state index is -0.364. The summed E-state index contributed by atoms with van der Waals surface area (Å²) in [6.45, 7) is 0.478. The lowest BCUT2D eigenvalue weighted by Gasteiger charge is -2.13. The Morgan fingerprint density at radius 3 is 2.78 bits per heavy atom. The van der Waals surface area contributed by atoms with E-state index < -0.39 is 0 Å². The Labute approximate surface area is 163 Å². The van der Waals surface area contributed by atoms with Crippen molar-refractivity contribution in [3.8, 4) is 11.5 Å². The van der Waals surface area contributed by atoms with Crippen LogP contribution >= 0.6 is 15.9 Å². The van der Waals surface area contributed by atoms with Crippen LogP contribution in [-0.2, 0) is 6.54 Å². The highest BCUT2D eigenvalue weighted by Crippen LogP contribution is 2.28. The van der Waals surface area contributed by atoms with Gasteiger partial charge in [-0.3, -0.25) is 4.40 Å². The van der Waals surface area contributed by atoms with Gasteiger partial charge >= 0.3 is 0 Å². The van der Waals surface area contributed by atoms with Crippen molar-refractivity contribution in [1.82, 2.24) is 14.4 Å². The van der Waals surface area contributed by atoms with Crippen LogP contribution in [0.5, 0.6) is 11.5 Å². The molecular formula is C19H16BrFN4O2. The number of anilines is 1. The van der Waals surface area contributed by atoms with Gasteiger partial charge in [-0.15, -0.1) is 0 Å². The second-order valence-corrected chi connectivity index (χ2v) is 6.75. The van der Waals surface area contributed by atoms with Gasteiger partial charge in [0.25, 0.3) is 0 Å². The second kappa shape index (κ2) is 7.03. The normalized spacial score (nSPS) is 11.1. The maximum Gasteiger partial charge on any atom is 0.153 e. The standard InChI is InChI=1S/C19H16BrFN4O2/c1-26-12-4-3-11(18(5-12)27-2)8-23-19-17-9-22-10-25(17)16-6-13(20)14(21)7-15(16)24-19/h3-7,9-10H,8H2,1-2H3,(H,23,24). The molecule has 0 spiro atoms. The van der Waals surface area contributed by atoms with Gasteiger partial charge in [-0.05, 0) is 34.1 Å². The number of fused-ring (bicyclic) bond motifs is 3. The molecule has 2 aromatic heterocycles. The zero-order chi connectivity index (χ0) is 19.0. The fraction of sp³-hybridized carbons (Fsp3) is 0.158. The Kier molecular flexibility index (Phi) is 4.57. The van der Waals surface area contributed by atoms with Crippen molar-refractivity contribution in [2.24, 2.45) is 0 Å². The highest BCUT2D eigenvalue weighted by Gasteiger charge is 2.12. The maximum absolute atomic E-state index is 14.0. The quantitative estimate of drug-likeness (QED) is 0.507. The van der Waals surface area contributed by atoms with E-state index in [1.54, 1.807) is 32.8 Å². The molecule has 8 heteroatoms. The average Bonchev–Trinajstić information content (AvgIpc) is 3.17. The molecule has 4 rings (SSSR count). The van der Waals surface area contributed by atoms with Crippen LogP contribution in [0, 0.1) is 5.82 Å². The molecular weight excluding hydrogens is 415 g/mol. The summed E-state index contributed by atoms with van der Waals surface area (Å²) in [5.74, 6) is 1.68. The number of aromatic nitrogens is 3. The first-order chi connectivity index (χ1) is 13.1. The first-order valence-electron chi connectivity index (χ1n) is 8.16. The molecule has 2 heterocycles. The van der Waals surface area contributed by atoms with Crippen LogP contribution in [0.1, 0.15) is 5.56 Å². The van der Waals surface area contributed by atoms with E-state index in [0.29, 0.717) is 28.1 Å². The molecule has 0 amide bonds. The lowest BCUT2D eigenvalue weighted by Crippen LogP contribution is -2.06. The summed E-state index contributed by atoms with van der Waals surface area (Å²) in [7, 11) is 3.22. The summed E-state index contributed by atoms with van der Waals surface area (Å²) in [5.41, 5.74) is 3.04. The van der Waals surface area contributed by atoms with E-state index in [1.165, 1.54) is 6.07 Å². The largest absolute Gasteiger partial charge is 0.497 e. The zero-order valence-corrected chi connectivity index (χ0v) is 16.2. The number of hydrogen-bond acceptors (Lipinski definition) is 5. The fourth-order valence-corrected chi connectivity index (χ4v) is 3.29. The molecule has 6 nitrogen and oxygen atoms in total. The molecule has 0 unspecified atom stereocenters. The molecule has 27 heavy (non-hydrogen) atoms. The third kappa shape index (κ3) is 3.16. The minimum absolute atomic E-state index is 0.364. The SMILES string of the molecule is COc1ccc(CNc2nc3cc(F)c(Br)cc3n3cncc23)c(OC)c1. The number of benzene rings is 2. The molecule has 0 fully saturated rings. The third-order valence-corrected chi connectivity index (χ3v) is 4.94. The number of nitrogens with zero attached hydrogens (tertiary/aromatic N) is 3. The van der Waals surface area contributed by atoms with Gasteiger partial charge in [0.05, 0.1) is 42.2 Å². The summed E-state index contributed by atoms with van der Waals surface area (Å²) in [5, 5.41) is 3.30. The van der Waals surface area contributed by atoms with E-state index in [4.69, 9.17) is 9.47 Å². The van der Waals surface area contributed by atoms with E-state index in [9.17, 15) is 4.39 Å². The van der Waals surface area contributed by atoms with Gasteiger partial charge in [-0.1, -0.05) is 0 Å². The second-order valence-electron chi connectivity index (χ2n) is 5.90. The van der Waals surface area contributed by atoms with Gasteiger partial charge in [0.15, 0.2) is 5.82 Å². The first-order valence-corrected chi connectivity index (χ1v) is 8.95. The Morgan fingerprint density at radius 1 is 1.15 bits per heavy atom. The predicted molar refractivity (Wildman–Crippen MR) is 105 cm³/mol. The molecule has 0 aliphatic heterocycles. The number of hydrogen-bond donors (Lipinski definition) is 1. The molecule has 0 bridgehead atoms. The van der Waals surface area contributed by atoms with E-state index in [-0.39, 0.29) is 5.82 Å². The van der Waals surface area contributed by atoms with Gasteiger partial charge in [-0.2, -0.15) is 0 Å². The summed E-state index contributed by atoms with van der Waals surface area (Å²) >= 11 is 3.22. The Morgan fingerprint density at radius 2 is 2.00 bits per heavy atom. The molecule has 0 aliphatic carbocycles. The van der Waals surface area contributed by atoms with Gasteiger partial charge < -0.3 is 14.8 Å². The summed E-state index contributed by atoms with van der Waals surface area (Å²) in [6.07, 6.45) is 3.40. The van der Waals surface area contributed by atoms with Crippen LogP contribution in [0.3, 0.4) is 0 Å². The summed E-state index contributed by atoms with van der Waals surface area (Å²) in [6, 6.07) is 8.72. The van der Waals surface area contributed by atoms with Crippen LogP contribution in [0.15, 0.2) is 47.3 Å². The summed E-state index contributed by atoms with van der Waals surface area (Å²) < 4.78 is 26.9. The van der Waals surface area contributed by atoms with E-state index >= 15 is 0 Å². The molecule has 138 valence electrons. The molecule has 0 saturated carbocycles. The predicted octanol–water partition coefficient (Wildman–Crippen LogP) is 4.41. The molecule has 0 aliphatic rings. The van der Waals surface area contributed by atoms with Gasteiger partial charge in [0.1, 0.15) is 22.8 Å². The van der Waals surface area contributed by atoms with Crippen molar-refractivity contribution in [3.63, 3.8) is 0 Å². The third-order valence-electron chi connectivity index (χ3n) is 4.33. The van der Waals surface area contributed by atoms with Crippen molar-refractivity contribution in [3.05, 3.63) is 58.7 Å². The van der Waals surface area contributed by atoms with Gasteiger partial charge in [-0.25, -0.2) is 14.4 Å². The van der Waals surface area contributed by atoms with Crippen LogP contribution in [0.4, 0.5) is 10.2 Å². The van der Waals surface area contributed by atoms with Crippen LogP contribution in [0.25, 0.3) is 16.6 Å². The smallest absolute Gasteiger partial charge is 0.153 e. The number of nitrogens with one attached hydrogen (secondary N) is 1. The zero-order valence-electron chi connectivity index (χ0n) is 14.7. The Bertz CT molecular complexity index is 1150. The highest BCUT2D eigenvalue weighted by atomic mass is 79.9. The van der Waals surface area contributed by atoms with Crippen molar-refractivity contribution in [2.45, 2.75) is 6.54 Å². The van der Waals surface area contributed by atoms with E-state index in [0.717, 1.165) is 22.3 Å². The van der Waals surface area contributed by atoms with Gasteiger partial charge in [0.2, 0.25) is 0 Å². The molecule has 4 aromatic rings. The number of methoxy groups -OCH3 is 2. The highest BCUT2D eigenvalue weighted by molar-refractivity contribution is 9.10. The van der Waals surface area contributed by atoms with Gasteiger partial charge in [0, 0.05) is 24.2 Å². The lowest BCUT2D eigenvalue weighted by molar-refractivity contribution is 0.391. The number of rotatable bonds is 5. The van der Waals surface area contributed by atoms with Crippen molar-refractivity contribution in [2.75, 3.05) is 19.5 Å². The molecule has 0 radical (unpaired) electrons. The van der Waals surface area contributed by atoms with E-state index in [1.807, 2.05) is 22.6 Å². The van der Waals surface area contributed by atoms with Crippen molar-refractivity contribution >= 4 is 38.3 Å². The number of halogens is 2.